The molecule has 0 aliphatic carbocycles. The van der Waals surface area contributed by atoms with Gasteiger partial charge in [-0.15, -0.1) is 24.9 Å². The molecule has 2 bridgehead atoms. The van der Waals surface area contributed by atoms with Gasteiger partial charge in [0.25, 0.3) is 5.91 Å². The van der Waals surface area contributed by atoms with Crippen LogP contribution in [0, 0.1) is 37.5 Å². The smallest absolute Gasteiger partial charge is 0.310 e. The summed E-state index contributed by atoms with van der Waals surface area (Å²) in [5.41, 5.74) is 2.73. The standard InChI is InChI=1S/C32H44N2O5S/c1-8-11-16-39-31(38)25-24-17-22(7)32(40-24)26(25)29(36)34(23(18-35)19(4)10-3)28(32)30(37)33(15-9-2)27-20(5)13-12-14-21(27)6/h8-9,12-14,19,22-26,28,35H,1-2,10-11,15-18H2,3-7H3/t19-,22?,23-,24-,25+,26-,28?,32?/m0/s1. The first-order valence-corrected chi connectivity index (χ1v) is 15.3. The Balaban J connectivity index is 1.87. The van der Waals surface area contributed by atoms with Gasteiger partial charge in [0.15, 0.2) is 0 Å². The second-order valence-electron chi connectivity index (χ2n) is 11.7. The number of amides is 2. The first-order valence-electron chi connectivity index (χ1n) is 14.5. The number of carbonyl (C=O) groups excluding carboxylic acids is 3. The number of ether oxygens (including phenoxy) is 1. The molecule has 0 saturated carbocycles. The zero-order chi connectivity index (χ0) is 29.4. The van der Waals surface area contributed by atoms with Crippen molar-refractivity contribution in [3.05, 3.63) is 54.6 Å². The predicted octanol–water partition coefficient (Wildman–Crippen LogP) is 4.69. The van der Waals surface area contributed by atoms with Gasteiger partial charge in [0.1, 0.15) is 6.04 Å². The lowest BCUT2D eigenvalue weighted by Gasteiger charge is -2.43. The molecule has 3 aliphatic heterocycles. The molecule has 0 aromatic heterocycles. The number of esters is 1. The van der Waals surface area contributed by atoms with Crippen LogP contribution < -0.4 is 4.90 Å². The maximum Gasteiger partial charge on any atom is 0.310 e. The van der Waals surface area contributed by atoms with E-state index < -0.39 is 28.7 Å². The molecule has 3 fully saturated rings. The number of aryl methyl sites for hydroxylation is 2. The highest BCUT2D eigenvalue weighted by molar-refractivity contribution is 8.02. The van der Waals surface area contributed by atoms with Gasteiger partial charge in [-0.3, -0.25) is 14.4 Å². The van der Waals surface area contributed by atoms with Crippen molar-refractivity contribution >= 4 is 35.2 Å². The molecule has 218 valence electrons. The van der Waals surface area contributed by atoms with E-state index in [9.17, 15) is 19.5 Å². The Morgan fingerprint density at radius 2 is 1.95 bits per heavy atom. The first kappa shape index (κ1) is 30.4. The zero-order valence-electron chi connectivity index (χ0n) is 24.5. The van der Waals surface area contributed by atoms with E-state index in [4.69, 9.17) is 4.74 Å². The Labute approximate surface area is 243 Å². The van der Waals surface area contributed by atoms with Crippen LogP contribution in [0.1, 0.15) is 51.2 Å². The van der Waals surface area contributed by atoms with Crippen LogP contribution in [0.5, 0.6) is 0 Å². The fourth-order valence-corrected chi connectivity index (χ4v) is 9.71. The van der Waals surface area contributed by atoms with E-state index in [-0.39, 0.29) is 54.6 Å². The summed E-state index contributed by atoms with van der Waals surface area (Å²) in [5, 5.41) is 10.5. The maximum atomic E-state index is 14.9. The Hall–Kier alpha value is -2.58. The van der Waals surface area contributed by atoms with Gasteiger partial charge in [-0.2, -0.15) is 0 Å². The van der Waals surface area contributed by atoms with Crippen molar-refractivity contribution in [3.8, 4) is 0 Å². The molecule has 7 nitrogen and oxygen atoms in total. The van der Waals surface area contributed by atoms with Crippen molar-refractivity contribution in [2.75, 3.05) is 24.7 Å². The molecule has 8 heteroatoms. The monoisotopic (exact) mass is 568 g/mol. The van der Waals surface area contributed by atoms with Gasteiger partial charge in [-0.05, 0) is 49.7 Å². The van der Waals surface area contributed by atoms with E-state index in [1.54, 1.807) is 33.7 Å². The predicted molar refractivity (Wildman–Crippen MR) is 160 cm³/mol. The summed E-state index contributed by atoms with van der Waals surface area (Å²) in [6, 6.07) is 4.56. The number of thioether (sulfide) groups is 1. The van der Waals surface area contributed by atoms with Crippen LogP contribution in [0.15, 0.2) is 43.5 Å². The molecule has 1 aromatic carbocycles. The minimum absolute atomic E-state index is 0.0208. The molecule has 40 heavy (non-hydrogen) atoms. The Bertz CT molecular complexity index is 1150. The lowest BCUT2D eigenvalue weighted by atomic mass is 9.66. The number of anilines is 1. The molecule has 3 heterocycles. The number of aliphatic hydroxyl groups excluding tert-OH is 1. The largest absolute Gasteiger partial charge is 0.465 e. The maximum absolute atomic E-state index is 14.9. The molecule has 1 N–H and O–H groups in total. The minimum atomic E-state index is -0.828. The number of aliphatic hydroxyl groups is 1. The zero-order valence-corrected chi connectivity index (χ0v) is 25.3. The molecular weight excluding hydrogens is 524 g/mol. The van der Waals surface area contributed by atoms with Crippen LogP contribution in [0.25, 0.3) is 0 Å². The van der Waals surface area contributed by atoms with E-state index in [0.29, 0.717) is 6.42 Å². The molecule has 2 amide bonds. The SMILES string of the molecule is C=CCCOC(=O)[C@@H]1[C@@H]2CC(C)C3(S2)C(C(=O)N(CC=C)c2c(C)cccc2C)N([C@@H](CO)[C@@H](C)CC)C(=O)[C@H]13. The average Bonchev–Trinajstić information content (AvgIpc) is 3.52. The third-order valence-corrected chi connectivity index (χ3v) is 11.5. The second-order valence-corrected chi connectivity index (χ2v) is 13.2. The van der Waals surface area contributed by atoms with Gasteiger partial charge >= 0.3 is 5.97 Å². The summed E-state index contributed by atoms with van der Waals surface area (Å²) in [5.74, 6) is -2.10. The molecule has 3 aliphatic rings. The number of hydrogen-bond acceptors (Lipinski definition) is 6. The lowest BCUT2D eigenvalue weighted by molar-refractivity contribution is -0.155. The van der Waals surface area contributed by atoms with Crippen LogP contribution in [-0.2, 0) is 19.1 Å². The highest BCUT2D eigenvalue weighted by atomic mass is 32.2. The molecule has 8 atom stereocenters. The van der Waals surface area contributed by atoms with E-state index in [1.807, 2.05) is 45.9 Å². The molecule has 3 saturated heterocycles. The number of rotatable bonds is 12. The Morgan fingerprint density at radius 3 is 2.52 bits per heavy atom. The number of para-hydroxylation sites is 1. The number of hydrogen-bond donors (Lipinski definition) is 1. The van der Waals surface area contributed by atoms with Gasteiger partial charge in [0.2, 0.25) is 5.91 Å². The van der Waals surface area contributed by atoms with E-state index in [2.05, 4.69) is 20.1 Å². The van der Waals surface area contributed by atoms with Crippen molar-refractivity contribution in [3.63, 3.8) is 0 Å². The van der Waals surface area contributed by atoms with Gasteiger partial charge in [0, 0.05) is 17.5 Å². The van der Waals surface area contributed by atoms with Crippen molar-refractivity contribution < 1.29 is 24.2 Å². The highest BCUT2D eigenvalue weighted by Gasteiger charge is 2.77. The van der Waals surface area contributed by atoms with Crippen LogP contribution in [0.4, 0.5) is 5.69 Å². The summed E-state index contributed by atoms with van der Waals surface area (Å²) in [6.07, 6.45) is 5.41. The van der Waals surface area contributed by atoms with Crippen LogP contribution >= 0.6 is 11.8 Å². The summed E-state index contributed by atoms with van der Waals surface area (Å²) in [7, 11) is 0. The molecule has 1 spiro atoms. The van der Waals surface area contributed by atoms with Crippen LogP contribution in [0.3, 0.4) is 0 Å². The number of nitrogens with zero attached hydrogens (tertiary/aromatic N) is 2. The van der Waals surface area contributed by atoms with Gasteiger partial charge < -0.3 is 19.6 Å². The second kappa shape index (κ2) is 12.1. The average molecular weight is 569 g/mol. The summed E-state index contributed by atoms with van der Waals surface area (Å²) >= 11 is 1.63. The number of likely N-dealkylation sites (tertiary alicyclic amines) is 1. The summed E-state index contributed by atoms with van der Waals surface area (Å²) < 4.78 is 4.83. The van der Waals surface area contributed by atoms with Crippen LogP contribution in [-0.4, -0.2) is 69.6 Å². The van der Waals surface area contributed by atoms with Crippen molar-refractivity contribution in [1.29, 1.82) is 0 Å². The van der Waals surface area contributed by atoms with E-state index in [1.165, 1.54) is 0 Å². The van der Waals surface area contributed by atoms with Crippen molar-refractivity contribution in [2.45, 2.75) is 76.0 Å². The van der Waals surface area contributed by atoms with E-state index >= 15 is 0 Å². The topological polar surface area (TPSA) is 87.2 Å². The lowest BCUT2D eigenvalue weighted by Crippen LogP contribution is -2.60. The fraction of sp³-hybridized carbons (Fsp3) is 0.594. The summed E-state index contributed by atoms with van der Waals surface area (Å²) in [6.45, 7) is 18.0. The fourth-order valence-electron chi connectivity index (χ4n) is 7.32. The Kier molecular flexibility index (Phi) is 9.20. The molecule has 3 unspecified atom stereocenters. The number of fused-ring (bicyclic) bond motifs is 1. The summed E-state index contributed by atoms with van der Waals surface area (Å²) in [4.78, 5) is 46.4. The quantitative estimate of drug-likeness (QED) is 0.224. The number of benzene rings is 1. The normalized spacial score (nSPS) is 30.1. The number of carbonyl (C=O) groups is 3. The minimum Gasteiger partial charge on any atom is -0.465 e. The van der Waals surface area contributed by atoms with Crippen molar-refractivity contribution in [1.82, 2.24) is 4.90 Å². The molecule has 0 radical (unpaired) electrons. The van der Waals surface area contributed by atoms with Crippen LogP contribution in [0.2, 0.25) is 0 Å². The third kappa shape index (κ3) is 4.71. The first-order chi connectivity index (χ1) is 19.1. The van der Waals surface area contributed by atoms with Gasteiger partial charge in [-0.25, -0.2) is 0 Å². The molecular formula is C32H44N2O5S. The van der Waals surface area contributed by atoms with Gasteiger partial charge in [-0.1, -0.05) is 57.5 Å². The molecule has 1 aromatic rings. The van der Waals surface area contributed by atoms with E-state index in [0.717, 1.165) is 29.7 Å². The third-order valence-electron chi connectivity index (χ3n) is 9.39. The highest BCUT2D eigenvalue weighted by Crippen LogP contribution is 2.69. The molecule has 4 rings (SSSR count). The van der Waals surface area contributed by atoms with Gasteiger partial charge in [0.05, 0.1) is 35.8 Å². The Morgan fingerprint density at radius 1 is 1.27 bits per heavy atom. The van der Waals surface area contributed by atoms with Crippen molar-refractivity contribution in [2.24, 2.45) is 23.7 Å².